The lowest BCUT2D eigenvalue weighted by molar-refractivity contribution is -0.140. The van der Waals surface area contributed by atoms with Gasteiger partial charge in [0.25, 0.3) is 0 Å². The van der Waals surface area contributed by atoms with Gasteiger partial charge < -0.3 is 28.5 Å². The number of aromatic hydroxyl groups is 1. The molecule has 38 heavy (non-hydrogen) atoms. The molecule has 3 aromatic carbocycles. The molecule has 0 unspecified atom stereocenters. The molecule has 1 atom stereocenters. The van der Waals surface area contributed by atoms with Gasteiger partial charge in [-0.2, -0.15) is 0 Å². The van der Waals surface area contributed by atoms with Gasteiger partial charge in [-0.3, -0.25) is 4.79 Å². The molecule has 1 aliphatic heterocycles. The maximum Gasteiger partial charge on any atom is 0.343 e. The van der Waals surface area contributed by atoms with Crippen LogP contribution in [0.25, 0.3) is 11.0 Å². The Morgan fingerprint density at radius 1 is 1.05 bits per heavy atom. The van der Waals surface area contributed by atoms with Gasteiger partial charge in [0.15, 0.2) is 11.5 Å². The van der Waals surface area contributed by atoms with E-state index in [1.165, 1.54) is 19.8 Å². The number of ether oxygens (including phenoxy) is 4. The summed E-state index contributed by atoms with van der Waals surface area (Å²) in [4.78, 5) is 25.4. The average Bonchev–Trinajstić information content (AvgIpc) is 3.40. The third kappa shape index (κ3) is 5.02. The lowest BCUT2D eigenvalue weighted by atomic mass is 9.88. The van der Waals surface area contributed by atoms with Crippen LogP contribution in [-0.2, 0) is 22.4 Å². The number of esters is 1. The van der Waals surface area contributed by atoms with Crippen molar-refractivity contribution in [3.63, 3.8) is 0 Å². The van der Waals surface area contributed by atoms with Crippen LogP contribution in [0, 0.1) is 0 Å². The van der Waals surface area contributed by atoms with E-state index in [1.54, 1.807) is 42.5 Å². The standard InChI is InChI=1S/C30H28O8/c1-34-25-10-8-19(16-26(25)37-13-11-18-7-9-23-20(15-18)12-14-36-23)22(17-27(31)35-2)28-29(32)21-5-3-4-6-24(21)38-30(28)33/h3-10,15-16,22,32H,11-14,17H2,1-2H3/t22-/m1/s1. The van der Waals surface area contributed by atoms with Gasteiger partial charge in [-0.15, -0.1) is 0 Å². The van der Waals surface area contributed by atoms with Gasteiger partial charge in [0.2, 0.25) is 0 Å². The molecular weight excluding hydrogens is 488 g/mol. The lowest BCUT2D eigenvalue weighted by Crippen LogP contribution is -2.18. The highest BCUT2D eigenvalue weighted by atomic mass is 16.5. The van der Waals surface area contributed by atoms with Crippen molar-refractivity contribution in [2.75, 3.05) is 27.4 Å². The molecule has 0 radical (unpaired) electrons. The fourth-order valence-electron chi connectivity index (χ4n) is 4.79. The first-order valence-electron chi connectivity index (χ1n) is 12.4. The zero-order chi connectivity index (χ0) is 26.6. The number of rotatable bonds is 9. The second-order valence-corrected chi connectivity index (χ2v) is 9.03. The third-order valence-electron chi connectivity index (χ3n) is 6.76. The fourth-order valence-corrected chi connectivity index (χ4v) is 4.79. The number of fused-ring (bicyclic) bond motifs is 2. The minimum Gasteiger partial charge on any atom is -0.507 e. The van der Waals surface area contributed by atoms with Crippen LogP contribution in [0.15, 0.2) is 69.9 Å². The van der Waals surface area contributed by atoms with E-state index in [0.29, 0.717) is 42.1 Å². The van der Waals surface area contributed by atoms with Gasteiger partial charge in [-0.05, 0) is 47.0 Å². The van der Waals surface area contributed by atoms with Gasteiger partial charge in [0, 0.05) is 18.8 Å². The van der Waals surface area contributed by atoms with Gasteiger partial charge in [-0.25, -0.2) is 4.79 Å². The predicted molar refractivity (Wildman–Crippen MR) is 140 cm³/mol. The van der Waals surface area contributed by atoms with Crippen LogP contribution in [0.3, 0.4) is 0 Å². The van der Waals surface area contributed by atoms with Crippen molar-refractivity contribution in [3.05, 3.63) is 93.3 Å². The van der Waals surface area contributed by atoms with Crippen molar-refractivity contribution < 1.29 is 33.3 Å². The number of methoxy groups -OCH3 is 2. The molecule has 0 amide bonds. The van der Waals surface area contributed by atoms with Crippen LogP contribution in [-0.4, -0.2) is 38.5 Å². The van der Waals surface area contributed by atoms with E-state index < -0.39 is 17.5 Å². The Morgan fingerprint density at radius 2 is 1.89 bits per heavy atom. The van der Waals surface area contributed by atoms with E-state index in [9.17, 15) is 14.7 Å². The summed E-state index contributed by atoms with van der Waals surface area (Å²) in [6, 6.07) is 18.0. The molecule has 8 nitrogen and oxygen atoms in total. The fraction of sp³-hybridized carbons (Fsp3) is 0.267. The molecule has 0 spiro atoms. The summed E-state index contributed by atoms with van der Waals surface area (Å²) in [5, 5.41) is 11.5. The number of carbonyl (C=O) groups excluding carboxylic acids is 1. The molecule has 2 heterocycles. The van der Waals surface area contributed by atoms with Gasteiger partial charge >= 0.3 is 11.6 Å². The Morgan fingerprint density at radius 3 is 2.71 bits per heavy atom. The second-order valence-electron chi connectivity index (χ2n) is 9.03. The Bertz CT molecular complexity index is 1540. The zero-order valence-corrected chi connectivity index (χ0v) is 21.2. The van der Waals surface area contributed by atoms with E-state index in [0.717, 1.165) is 17.7 Å². The molecule has 0 saturated heterocycles. The largest absolute Gasteiger partial charge is 0.507 e. The number of benzene rings is 3. The van der Waals surface area contributed by atoms with Crippen LogP contribution >= 0.6 is 0 Å². The van der Waals surface area contributed by atoms with Crippen LogP contribution < -0.4 is 19.8 Å². The zero-order valence-electron chi connectivity index (χ0n) is 21.2. The monoisotopic (exact) mass is 516 g/mol. The highest BCUT2D eigenvalue weighted by Crippen LogP contribution is 2.39. The third-order valence-corrected chi connectivity index (χ3v) is 6.76. The molecule has 1 N–H and O–H groups in total. The quantitative estimate of drug-likeness (QED) is 0.251. The summed E-state index contributed by atoms with van der Waals surface area (Å²) in [7, 11) is 2.81. The van der Waals surface area contributed by atoms with E-state index in [-0.39, 0.29) is 23.3 Å². The highest BCUT2D eigenvalue weighted by Gasteiger charge is 2.28. The van der Waals surface area contributed by atoms with Crippen LogP contribution in [0.2, 0.25) is 0 Å². The summed E-state index contributed by atoms with van der Waals surface area (Å²) >= 11 is 0. The molecule has 0 aliphatic carbocycles. The van der Waals surface area contributed by atoms with E-state index >= 15 is 0 Å². The molecular formula is C30H28O8. The first-order valence-corrected chi connectivity index (χ1v) is 12.4. The van der Waals surface area contributed by atoms with Crippen molar-refractivity contribution in [3.8, 4) is 23.0 Å². The molecule has 1 aromatic heterocycles. The Kier molecular flexibility index (Phi) is 7.22. The molecule has 196 valence electrons. The smallest absolute Gasteiger partial charge is 0.343 e. The van der Waals surface area contributed by atoms with Crippen molar-refractivity contribution in [2.24, 2.45) is 0 Å². The van der Waals surface area contributed by atoms with Crippen LogP contribution in [0.4, 0.5) is 0 Å². The van der Waals surface area contributed by atoms with E-state index in [2.05, 4.69) is 6.07 Å². The maximum absolute atomic E-state index is 13.0. The second kappa shape index (κ2) is 10.9. The molecule has 0 bridgehead atoms. The summed E-state index contributed by atoms with van der Waals surface area (Å²) in [6.45, 7) is 1.08. The number of carbonyl (C=O) groups is 1. The topological polar surface area (TPSA) is 104 Å². The van der Waals surface area contributed by atoms with Gasteiger partial charge in [-0.1, -0.05) is 30.3 Å². The van der Waals surface area contributed by atoms with E-state index in [1.807, 2.05) is 12.1 Å². The summed E-state index contributed by atoms with van der Waals surface area (Å²) < 4.78 is 27.5. The van der Waals surface area contributed by atoms with E-state index in [4.69, 9.17) is 23.4 Å². The van der Waals surface area contributed by atoms with Gasteiger partial charge in [0.1, 0.15) is 17.1 Å². The Labute approximate surface area is 219 Å². The van der Waals surface area contributed by atoms with Crippen molar-refractivity contribution in [1.29, 1.82) is 0 Å². The normalized spacial score (nSPS) is 13.0. The number of para-hydroxylation sites is 1. The summed E-state index contributed by atoms with van der Waals surface area (Å²) in [5.41, 5.74) is 2.40. The lowest BCUT2D eigenvalue weighted by Gasteiger charge is -2.19. The SMILES string of the molecule is COC(=O)C[C@H](c1ccc(OC)c(OCCc2ccc3c(c2)CCO3)c1)c1c(O)c2ccccc2oc1=O. The molecule has 0 saturated carbocycles. The first-order chi connectivity index (χ1) is 18.5. The molecule has 4 aromatic rings. The summed E-state index contributed by atoms with van der Waals surface area (Å²) in [6.07, 6.45) is 1.38. The van der Waals surface area contributed by atoms with Crippen LogP contribution in [0.1, 0.15) is 34.6 Å². The predicted octanol–water partition coefficient (Wildman–Crippen LogP) is 4.76. The summed E-state index contributed by atoms with van der Waals surface area (Å²) in [5.74, 6) is 0.276. The molecule has 8 heteroatoms. The first kappa shape index (κ1) is 25.2. The average molecular weight is 517 g/mol. The highest BCUT2D eigenvalue weighted by molar-refractivity contribution is 5.84. The number of hydrogen-bond acceptors (Lipinski definition) is 8. The molecule has 0 fully saturated rings. The molecule has 1 aliphatic rings. The van der Waals surface area contributed by atoms with Crippen molar-refractivity contribution >= 4 is 16.9 Å². The van der Waals surface area contributed by atoms with Crippen molar-refractivity contribution in [1.82, 2.24) is 0 Å². The van der Waals surface area contributed by atoms with Crippen molar-refractivity contribution in [2.45, 2.75) is 25.2 Å². The Hall–Kier alpha value is -4.46. The number of hydrogen-bond donors (Lipinski definition) is 1. The van der Waals surface area contributed by atoms with Gasteiger partial charge in [0.05, 0.1) is 44.8 Å². The minimum atomic E-state index is -0.840. The Balaban J connectivity index is 1.46. The maximum atomic E-state index is 13.0. The molecule has 5 rings (SSSR count). The van der Waals surface area contributed by atoms with Crippen LogP contribution in [0.5, 0.6) is 23.0 Å². The minimum absolute atomic E-state index is 0.0226.